The third-order valence-electron chi connectivity index (χ3n) is 2.96. The highest BCUT2D eigenvalue weighted by atomic mass is 32.1. The van der Waals surface area contributed by atoms with Gasteiger partial charge in [-0.25, -0.2) is 0 Å². The van der Waals surface area contributed by atoms with Gasteiger partial charge in [-0.1, -0.05) is 6.07 Å². The van der Waals surface area contributed by atoms with E-state index in [1.807, 2.05) is 37.1 Å². The zero-order valence-electron chi connectivity index (χ0n) is 11.3. The molecule has 0 unspecified atom stereocenters. The topological polar surface area (TPSA) is 46.3 Å². The molecular weight excluding hydrogens is 276 g/mol. The number of thiophene rings is 2. The summed E-state index contributed by atoms with van der Waals surface area (Å²) in [5, 5.41) is 2.03. The third-order valence-corrected chi connectivity index (χ3v) is 4.87. The lowest BCUT2D eigenvalue weighted by molar-refractivity contribution is 0.0697. The van der Waals surface area contributed by atoms with Crippen molar-refractivity contribution in [2.75, 3.05) is 5.73 Å². The van der Waals surface area contributed by atoms with Gasteiger partial charge in [-0.05, 0) is 38.3 Å². The smallest absolute Gasteiger partial charge is 0.264 e. The minimum atomic E-state index is 0.0631. The number of nitrogens with two attached hydrogens (primary N) is 1. The fourth-order valence-corrected chi connectivity index (χ4v) is 3.40. The molecule has 2 aromatic rings. The second-order valence-corrected chi connectivity index (χ2v) is 7.02. The summed E-state index contributed by atoms with van der Waals surface area (Å²) in [5.41, 5.74) is 6.53. The van der Waals surface area contributed by atoms with Gasteiger partial charge in [0.2, 0.25) is 0 Å². The number of carbonyl (C=O) groups excluding carboxylic acids is 1. The van der Waals surface area contributed by atoms with Crippen LogP contribution in [0.1, 0.15) is 33.3 Å². The van der Waals surface area contributed by atoms with E-state index >= 15 is 0 Å². The quantitative estimate of drug-likeness (QED) is 0.933. The van der Waals surface area contributed by atoms with Crippen LogP contribution in [0.25, 0.3) is 0 Å². The molecular formula is C14H18N2OS2. The first-order valence-electron chi connectivity index (χ1n) is 6.18. The maximum atomic E-state index is 12.6. The molecule has 0 bridgehead atoms. The lowest BCUT2D eigenvalue weighted by Gasteiger charge is -2.25. The van der Waals surface area contributed by atoms with Gasteiger partial charge in [0.25, 0.3) is 5.91 Å². The van der Waals surface area contributed by atoms with E-state index in [1.165, 1.54) is 16.2 Å². The van der Waals surface area contributed by atoms with Crippen LogP contribution in [0.15, 0.2) is 23.6 Å². The predicted molar refractivity (Wildman–Crippen MR) is 82.8 cm³/mol. The van der Waals surface area contributed by atoms with E-state index in [0.717, 1.165) is 9.75 Å². The molecule has 0 spiro atoms. The molecule has 102 valence electrons. The summed E-state index contributed by atoms with van der Waals surface area (Å²) < 4.78 is 0. The third kappa shape index (κ3) is 3.16. The number of aryl methyl sites for hydroxylation is 1. The number of hydrogen-bond donors (Lipinski definition) is 1. The highest BCUT2D eigenvalue weighted by Gasteiger charge is 2.21. The number of amides is 1. The largest absolute Gasteiger partial charge is 0.398 e. The van der Waals surface area contributed by atoms with Crippen LogP contribution in [0.4, 0.5) is 5.69 Å². The number of nitrogens with zero attached hydrogens (tertiary/aromatic N) is 1. The van der Waals surface area contributed by atoms with Crippen LogP contribution in [-0.4, -0.2) is 16.8 Å². The van der Waals surface area contributed by atoms with E-state index in [2.05, 4.69) is 6.07 Å². The summed E-state index contributed by atoms with van der Waals surface area (Å²) in [6, 6.07) is 6.02. The van der Waals surface area contributed by atoms with Crippen LogP contribution in [0.2, 0.25) is 0 Å². The molecule has 5 heteroatoms. The summed E-state index contributed by atoms with van der Waals surface area (Å²) in [5.74, 6) is 0.0631. The summed E-state index contributed by atoms with van der Waals surface area (Å²) >= 11 is 3.14. The van der Waals surface area contributed by atoms with Gasteiger partial charge in [-0.2, -0.15) is 0 Å². The van der Waals surface area contributed by atoms with E-state index in [1.54, 1.807) is 17.4 Å². The van der Waals surface area contributed by atoms with Crippen LogP contribution in [-0.2, 0) is 6.54 Å². The summed E-state index contributed by atoms with van der Waals surface area (Å²) in [7, 11) is 0. The average molecular weight is 294 g/mol. The Morgan fingerprint density at radius 1 is 1.47 bits per heavy atom. The van der Waals surface area contributed by atoms with Crippen molar-refractivity contribution < 1.29 is 4.79 Å². The molecule has 19 heavy (non-hydrogen) atoms. The fraction of sp³-hybridized carbons (Fsp3) is 0.357. The van der Waals surface area contributed by atoms with Crippen LogP contribution < -0.4 is 5.73 Å². The molecule has 0 saturated carbocycles. The second-order valence-electron chi connectivity index (χ2n) is 4.73. The Hall–Kier alpha value is -1.33. The molecule has 2 rings (SSSR count). The van der Waals surface area contributed by atoms with Crippen molar-refractivity contribution in [1.29, 1.82) is 0 Å². The molecule has 1 amide bonds. The molecule has 2 aromatic heterocycles. The van der Waals surface area contributed by atoms with Crippen LogP contribution in [0.3, 0.4) is 0 Å². The summed E-state index contributed by atoms with van der Waals surface area (Å²) in [6.07, 6.45) is 0. The Bertz CT molecular complexity index is 539. The predicted octanol–water partition coefficient (Wildman–Crippen LogP) is 3.75. The Morgan fingerprint density at radius 2 is 2.21 bits per heavy atom. The Labute approximate surface area is 121 Å². The number of carbonyl (C=O) groups is 1. The van der Waals surface area contributed by atoms with Crippen LogP contribution >= 0.6 is 22.7 Å². The number of anilines is 1. The highest BCUT2D eigenvalue weighted by molar-refractivity contribution is 7.14. The van der Waals surface area contributed by atoms with Crippen LogP contribution in [0.5, 0.6) is 0 Å². The van der Waals surface area contributed by atoms with Gasteiger partial charge in [0.05, 0.1) is 11.4 Å². The van der Waals surface area contributed by atoms with Gasteiger partial charge in [0.15, 0.2) is 0 Å². The van der Waals surface area contributed by atoms with Crippen molar-refractivity contribution in [2.45, 2.75) is 33.4 Å². The molecule has 3 nitrogen and oxygen atoms in total. The molecule has 0 radical (unpaired) electrons. The van der Waals surface area contributed by atoms with Gasteiger partial charge in [-0.15, -0.1) is 22.7 Å². The normalized spacial score (nSPS) is 10.9. The van der Waals surface area contributed by atoms with Crippen molar-refractivity contribution in [3.8, 4) is 0 Å². The second kappa shape index (κ2) is 5.75. The first kappa shape index (κ1) is 14.1. The Kier molecular flexibility index (Phi) is 4.27. The van der Waals surface area contributed by atoms with Gasteiger partial charge in [-0.3, -0.25) is 4.79 Å². The van der Waals surface area contributed by atoms with E-state index in [0.29, 0.717) is 12.2 Å². The van der Waals surface area contributed by atoms with Crippen molar-refractivity contribution in [2.24, 2.45) is 0 Å². The van der Waals surface area contributed by atoms with E-state index < -0.39 is 0 Å². The molecule has 2 N–H and O–H groups in total. The molecule has 0 aromatic carbocycles. The number of hydrogen-bond acceptors (Lipinski definition) is 4. The molecule has 0 aliphatic heterocycles. The lowest BCUT2D eigenvalue weighted by Crippen LogP contribution is -2.35. The molecule has 0 fully saturated rings. The monoisotopic (exact) mass is 294 g/mol. The maximum absolute atomic E-state index is 12.6. The number of nitrogen functional groups attached to an aromatic ring is 1. The van der Waals surface area contributed by atoms with Gasteiger partial charge >= 0.3 is 0 Å². The summed E-state index contributed by atoms with van der Waals surface area (Å²) in [4.78, 5) is 17.4. The molecule has 0 atom stereocenters. The molecule has 0 aliphatic rings. The zero-order valence-corrected chi connectivity index (χ0v) is 13.0. The van der Waals surface area contributed by atoms with Gasteiger partial charge in [0, 0.05) is 21.5 Å². The molecule has 2 heterocycles. The first-order valence-corrected chi connectivity index (χ1v) is 7.88. The number of rotatable bonds is 4. The molecule has 0 aliphatic carbocycles. The van der Waals surface area contributed by atoms with Crippen molar-refractivity contribution >= 4 is 34.3 Å². The van der Waals surface area contributed by atoms with Gasteiger partial charge in [0.1, 0.15) is 0 Å². The van der Waals surface area contributed by atoms with Crippen molar-refractivity contribution in [1.82, 2.24) is 4.90 Å². The Balaban J connectivity index is 2.21. The first-order chi connectivity index (χ1) is 8.99. The minimum Gasteiger partial charge on any atom is -0.398 e. The fourth-order valence-electron chi connectivity index (χ4n) is 1.80. The van der Waals surface area contributed by atoms with E-state index in [4.69, 9.17) is 5.73 Å². The SMILES string of the molecule is Cc1sc(C(=O)N(Cc2cccs2)C(C)C)cc1N. The van der Waals surface area contributed by atoms with Crippen LogP contribution in [0, 0.1) is 6.92 Å². The zero-order chi connectivity index (χ0) is 14.0. The minimum absolute atomic E-state index is 0.0631. The van der Waals surface area contributed by atoms with E-state index in [-0.39, 0.29) is 11.9 Å². The van der Waals surface area contributed by atoms with Crippen molar-refractivity contribution in [3.63, 3.8) is 0 Å². The highest BCUT2D eigenvalue weighted by Crippen LogP contribution is 2.26. The summed E-state index contributed by atoms with van der Waals surface area (Å²) in [6.45, 7) is 6.67. The standard InChI is InChI=1S/C14H18N2OS2/c1-9(2)16(8-11-5-4-6-18-11)14(17)13-7-12(15)10(3)19-13/h4-7,9H,8,15H2,1-3H3. The Morgan fingerprint density at radius 3 is 2.68 bits per heavy atom. The lowest BCUT2D eigenvalue weighted by atomic mass is 10.2. The average Bonchev–Trinajstić information content (AvgIpc) is 2.96. The van der Waals surface area contributed by atoms with Gasteiger partial charge < -0.3 is 10.6 Å². The maximum Gasteiger partial charge on any atom is 0.264 e. The van der Waals surface area contributed by atoms with Crippen molar-refractivity contribution in [3.05, 3.63) is 38.2 Å². The molecule has 0 saturated heterocycles. The van der Waals surface area contributed by atoms with E-state index in [9.17, 15) is 4.79 Å².